The van der Waals surface area contributed by atoms with Gasteiger partial charge in [0.15, 0.2) is 0 Å². The van der Waals surface area contributed by atoms with E-state index in [0.717, 1.165) is 29.2 Å². The van der Waals surface area contributed by atoms with Gasteiger partial charge in [0.1, 0.15) is 11.5 Å². The molecule has 1 unspecified atom stereocenters. The summed E-state index contributed by atoms with van der Waals surface area (Å²) in [5.74, 6) is 1.64. The van der Waals surface area contributed by atoms with Crippen molar-refractivity contribution >= 4 is 0 Å². The minimum Gasteiger partial charge on any atom is -0.465 e. The molecule has 0 radical (unpaired) electrons. The fraction of sp³-hybridized carbons (Fsp3) is 0.333. The second kappa shape index (κ2) is 5.71. The molecule has 0 amide bonds. The van der Waals surface area contributed by atoms with E-state index >= 15 is 0 Å². The predicted molar refractivity (Wildman–Crippen MR) is 70.1 cm³/mol. The number of hydrogen-bond acceptors (Lipinski definition) is 2. The molecule has 0 saturated carbocycles. The van der Waals surface area contributed by atoms with E-state index in [1.54, 1.807) is 0 Å². The Morgan fingerprint density at radius 2 is 1.75 bits per heavy atom. The second-order valence-electron chi connectivity index (χ2n) is 4.73. The van der Waals surface area contributed by atoms with Crippen molar-refractivity contribution in [3.05, 3.63) is 59.0 Å². The topological polar surface area (TPSA) is 25.2 Å². The van der Waals surface area contributed by atoms with E-state index in [1.165, 1.54) is 12.1 Å². The van der Waals surface area contributed by atoms with E-state index in [0.29, 0.717) is 6.54 Å². The zero-order valence-corrected chi connectivity index (χ0v) is 11.3. The molecule has 5 heteroatoms. The molecule has 1 heterocycles. The summed E-state index contributed by atoms with van der Waals surface area (Å²) in [6.07, 6.45) is -4.29. The Labute approximate surface area is 115 Å². The highest BCUT2D eigenvalue weighted by Gasteiger charge is 2.30. The third-order valence-corrected chi connectivity index (χ3v) is 3.12. The third kappa shape index (κ3) is 3.63. The van der Waals surface area contributed by atoms with Gasteiger partial charge in [0.2, 0.25) is 0 Å². The first-order valence-electron chi connectivity index (χ1n) is 6.32. The summed E-state index contributed by atoms with van der Waals surface area (Å²) in [4.78, 5) is 0. The normalized spacial score (nSPS) is 13.4. The van der Waals surface area contributed by atoms with Crippen LogP contribution >= 0.6 is 0 Å². The van der Waals surface area contributed by atoms with E-state index in [4.69, 9.17) is 4.42 Å². The van der Waals surface area contributed by atoms with Gasteiger partial charge in [-0.05, 0) is 43.7 Å². The van der Waals surface area contributed by atoms with Crippen LogP contribution in [0.3, 0.4) is 0 Å². The van der Waals surface area contributed by atoms with E-state index in [9.17, 15) is 13.2 Å². The standard InChI is InChI=1S/C15H16F3NO/c1-10-3-8-14(20-10)9-19-11(2)12-4-6-13(7-5-12)15(16,17)18/h3-8,11,19H,9H2,1-2H3. The molecule has 0 bridgehead atoms. The van der Waals surface area contributed by atoms with Crippen molar-refractivity contribution in [2.45, 2.75) is 32.6 Å². The van der Waals surface area contributed by atoms with Crippen molar-refractivity contribution in [1.82, 2.24) is 5.32 Å². The molecule has 0 aliphatic rings. The van der Waals surface area contributed by atoms with Crippen molar-refractivity contribution < 1.29 is 17.6 Å². The van der Waals surface area contributed by atoms with Crippen LogP contribution in [0.25, 0.3) is 0 Å². The number of alkyl halides is 3. The maximum atomic E-state index is 12.5. The summed E-state index contributed by atoms with van der Waals surface area (Å²) in [6.45, 7) is 4.30. The number of hydrogen-bond donors (Lipinski definition) is 1. The third-order valence-electron chi connectivity index (χ3n) is 3.12. The lowest BCUT2D eigenvalue weighted by atomic mass is 10.1. The van der Waals surface area contributed by atoms with Crippen LogP contribution in [-0.2, 0) is 12.7 Å². The van der Waals surface area contributed by atoms with Crippen LogP contribution in [0.15, 0.2) is 40.8 Å². The van der Waals surface area contributed by atoms with Gasteiger partial charge in [-0.1, -0.05) is 12.1 Å². The van der Waals surface area contributed by atoms with Crippen LogP contribution in [0.1, 0.15) is 35.6 Å². The molecule has 0 aliphatic heterocycles. The Bertz CT molecular complexity index is 557. The molecule has 1 aromatic heterocycles. The molecule has 0 spiro atoms. The van der Waals surface area contributed by atoms with Crippen LogP contribution in [-0.4, -0.2) is 0 Å². The number of aryl methyl sites for hydroxylation is 1. The number of halogens is 3. The van der Waals surface area contributed by atoms with Crippen LogP contribution in [0, 0.1) is 6.92 Å². The van der Waals surface area contributed by atoms with Crippen molar-refractivity contribution in [3.63, 3.8) is 0 Å². The van der Waals surface area contributed by atoms with Crippen LogP contribution < -0.4 is 5.32 Å². The Kier molecular flexibility index (Phi) is 4.18. The summed E-state index contributed by atoms with van der Waals surface area (Å²) < 4.78 is 42.8. The Hall–Kier alpha value is -1.75. The number of furan rings is 1. The van der Waals surface area contributed by atoms with Crippen molar-refractivity contribution in [1.29, 1.82) is 0 Å². The maximum absolute atomic E-state index is 12.5. The Balaban J connectivity index is 1.97. The average molecular weight is 283 g/mol. The molecular formula is C15H16F3NO. The number of benzene rings is 1. The summed E-state index contributed by atoms with van der Waals surface area (Å²) >= 11 is 0. The molecular weight excluding hydrogens is 267 g/mol. The molecule has 0 saturated heterocycles. The van der Waals surface area contributed by atoms with Gasteiger partial charge in [-0.3, -0.25) is 0 Å². The molecule has 2 aromatic rings. The Morgan fingerprint density at radius 3 is 2.25 bits per heavy atom. The SMILES string of the molecule is Cc1ccc(CNC(C)c2ccc(C(F)(F)F)cc2)o1. The van der Waals surface area contributed by atoms with E-state index in [-0.39, 0.29) is 6.04 Å². The number of nitrogens with one attached hydrogen (secondary N) is 1. The van der Waals surface area contributed by atoms with Crippen LogP contribution in [0.4, 0.5) is 13.2 Å². The zero-order chi connectivity index (χ0) is 14.8. The quantitative estimate of drug-likeness (QED) is 0.896. The summed E-state index contributed by atoms with van der Waals surface area (Å²) in [7, 11) is 0. The van der Waals surface area contributed by atoms with Crippen LogP contribution in [0.5, 0.6) is 0 Å². The zero-order valence-electron chi connectivity index (χ0n) is 11.3. The fourth-order valence-electron chi connectivity index (χ4n) is 1.91. The predicted octanol–water partition coefficient (Wildman–Crippen LogP) is 4.46. The first-order chi connectivity index (χ1) is 9.36. The van der Waals surface area contributed by atoms with Gasteiger partial charge in [0, 0.05) is 6.04 Å². The summed E-state index contributed by atoms with van der Waals surface area (Å²) in [5, 5.41) is 3.21. The van der Waals surface area contributed by atoms with Gasteiger partial charge in [0.25, 0.3) is 0 Å². The lowest BCUT2D eigenvalue weighted by Crippen LogP contribution is -2.18. The monoisotopic (exact) mass is 283 g/mol. The summed E-state index contributed by atoms with van der Waals surface area (Å²) in [5.41, 5.74) is 0.177. The van der Waals surface area contributed by atoms with E-state index in [2.05, 4.69) is 5.32 Å². The first kappa shape index (κ1) is 14.7. The smallest absolute Gasteiger partial charge is 0.416 e. The molecule has 2 rings (SSSR count). The molecule has 20 heavy (non-hydrogen) atoms. The van der Waals surface area contributed by atoms with Gasteiger partial charge < -0.3 is 9.73 Å². The molecule has 1 atom stereocenters. The highest BCUT2D eigenvalue weighted by Crippen LogP contribution is 2.29. The highest BCUT2D eigenvalue weighted by atomic mass is 19.4. The van der Waals surface area contributed by atoms with E-state index < -0.39 is 11.7 Å². The second-order valence-corrected chi connectivity index (χ2v) is 4.73. The molecule has 108 valence electrons. The molecule has 1 aromatic carbocycles. The van der Waals surface area contributed by atoms with Gasteiger partial charge in [0.05, 0.1) is 12.1 Å². The highest BCUT2D eigenvalue weighted by molar-refractivity contribution is 5.26. The lowest BCUT2D eigenvalue weighted by Gasteiger charge is -2.14. The maximum Gasteiger partial charge on any atom is 0.416 e. The lowest BCUT2D eigenvalue weighted by molar-refractivity contribution is -0.137. The van der Waals surface area contributed by atoms with Gasteiger partial charge in [-0.15, -0.1) is 0 Å². The van der Waals surface area contributed by atoms with Crippen molar-refractivity contribution in [3.8, 4) is 0 Å². The van der Waals surface area contributed by atoms with Gasteiger partial charge in [-0.2, -0.15) is 13.2 Å². The van der Waals surface area contributed by atoms with E-state index in [1.807, 2.05) is 26.0 Å². The average Bonchev–Trinajstić information content (AvgIpc) is 2.81. The largest absolute Gasteiger partial charge is 0.465 e. The van der Waals surface area contributed by atoms with Crippen molar-refractivity contribution in [2.75, 3.05) is 0 Å². The minimum atomic E-state index is -4.29. The summed E-state index contributed by atoms with van der Waals surface area (Å²) in [6, 6.07) is 8.89. The van der Waals surface area contributed by atoms with Crippen LogP contribution in [0.2, 0.25) is 0 Å². The molecule has 1 N–H and O–H groups in total. The van der Waals surface area contributed by atoms with Crippen molar-refractivity contribution in [2.24, 2.45) is 0 Å². The molecule has 0 aliphatic carbocycles. The Morgan fingerprint density at radius 1 is 1.10 bits per heavy atom. The van der Waals surface area contributed by atoms with Gasteiger partial charge >= 0.3 is 6.18 Å². The molecule has 0 fully saturated rings. The fourth-order valence-corrected chi connectivity index (χ4v) is 1.91. The minimum absolute atomic E-state index is 0.0531. The first-order valence-corrected chi connectivity index (χ1v) is 6.32. The number of rotatable bonds is 4. The van der Waals surface area contributed by atoms with Gasteiger partial charge in [-0.25, -0.2) is 0 Å². The molecule has 2 nitrogen and oxygen atoms in total.